The number of halogens is 3. The van der Waals surface area contributed by atoms with Gasteiger partial charge in [-0.3, -0.25) is 24.1 Å². The van der Waals surface area contributed by atoms with Crippen LogP contribution in [0.3, 0.4) is 0 Å². The Hall–Kier alpha value is -3.43. The van der Waals surface area contributed by atoms with Crippen LogP contribution in [0.4, 0.5) is 10.1 Å². The Labute approximate surface area is 239 Å². The molecule has 11 heteroatoms. The van der Waals surface area contributed by atoms with E-state index >= 15 is 0 Å². The van der Waals surface area contributed by atoms with Crippen molar-refractivity contribution in [1.29, 1.82) is 0 Å². The maximum Gasteiger partial charge on any atom is 0.258 e. The van der Waals surface area contributed by atoms with E-state index in [9.17, 15) is 28.7 Å². The first kappa shape index (κ1) is 26.8. The van der Waals surface area contributed by atoms with Crippen LogP contribution in [0.1, 0.15) is 31.2 Å². The number of rotatable bonds is 4. The molecule has 6 atom stereocenters. The normalized spacial score (nSPS) is 33.1. The lowest BCUT2D eigenvalue weighted by Crippen LogP contribution is -2.60. The number of anilines is 1. The van der Waals surface area contributed by atoms with Gasteiger partial charge in [-0.25, -0.2) is 9.29 Å². The fourth-order valence-electron chi connectivity index (χ4n) is 7.09. The van der Waals surface area contributed by atoms with E-state index in [-0.39, 0.29) is 54.0 Å². The topological polar surface area (TPSA) is 104 Å². The molecule has 0 unspecified atom stereocenters. The van der Waals surface area contributed by atoms with Crippen LogP contribution in [-0.4, -0.2) is 57.0 Å². The molecule has 2 heterocycles. The molecular weight excluding hydrogens is 562 g/mol. The number of fused-ring (bicyclic) bond motifs is 4. The Morgan fingerprint density at radius 3 is 2.38 bits per heavy atom. The number of allylic oxidation sites excluding steroid dienone is 2. The Bertz CT molecular complexity index is 1510. The predicted octanol–water partition coefficient (Wildman–Crippen LogP) is 4.12. The molecule has 2 aliphatic heterocycles. The third-order valence-electron chi connectivity index (χ3n) is 8.86. The van der Waals surface area contributed by atoms with E-state index in [2.05, 4.69) is 0 Å². The van der Waals surface area contributed by atoms with Crippen LogP contribution in [0.15, 0.2) is 54.1 Å². The second-order valence-electron chi connectivity index (χ2n) is 10.6. The summed E-state index contributed by atoms with van der Waals surface area (Å²) in [5.74, 6) is -6.31. The van der Waals surface area contributed by atoms with Gasteiger partial charge in [0, 0.05) is 18.0 Å². The number of carbonyl (C=O) groups is 4. The summed E-state index contributed by atoms with van der Waals surface area (Å²) in [4.78, 5) is 52.9. The number of likely N-dealkylation sites (tertiary alicyclic amines) is 1. The minimum atomic E-state index is -2.16. The number of imide groups is 2. The third-order valence-corrected chi connectivity index (χ3v) is 10.3. The van der Waals surface area contributed by atoms with Gasteiger partial charge in [-0.05, 0) is 62.1 Å². The van der Waals surface area contributed by atoms with E-state index in [1.54, 1.807) is 25.1 Å². The maximum atomic E-state index is 14.3. The molecule has 1 N–H and O–H groups in total. The van der Waals surface area contributed by atoms with Gasteiger partial charge in [0.1, 0.15) is 17.3 Å². The molecule has 0 bridgehead atoms. The van der Waals surface area contributed by atoms with E-state index in [1.807, 2.05) is 0 Å². The molecule has 3 fully saturated rings. The van der Waals surface area contributed by atoms with Gasteiger partial charge < -0.3 is 9.84 Å². The summed E-state index contributed by atoms with van der Waals surface area (Å²) in [5, 5.41) is 11.1. The number of alkyl halides is 2. The SMILES string of the molecule is CCN1C(=O)[C@H]2[C@H](CC=C3[C@H]2C[C@@]2(Cl)C(=O)N(c4ccc(F)cc4)C(=O)[C@@]2(Cl)[C@H]3c2c(O)cccc2OC)C1=O. The van der Waals surface area contributed by atoms with Crippen LogP contribution in [0, 0.1) is 23.6 Å². The summed E-state index contributed by atoms with van der Waals surface area (Å²) in [7, 11) is 1.39. The average molecular weight is 587 g/mol. The van der Waals surface area contributed by atoms with Crippen molar-refractivity contribution in [3.8, 4) is 11.5 Å². The maximum absolute atomic E-state index is 14.3. The average Bonchev–Trinajstić information content (AvgIpc) is 3.27. The van der Waals surface area contributed by atoms with Crippen molar-refractivity contribution in [2.75, 3.05) is 18.6 Å². The van der Waals surface area contributed by atoms with Gasteiger partial charge in [-0.1, -0.05) is 17.7 Å². The van der Waals surface area contributed by atoms with E-state index in [0.29, 0.717) is 5.57 Å². The first-order chi connectivity index (χ1) is 19.0. The van der Waals surface area contributed by atoms with Crippen LogP contribution < -0.4 is 9.64 Å². The number of carbonyl (C=O) groups excluding carboxylic acids is 4. The zero-order valence-electron chi connectivity index (χ0n) is 21.6. The fourth-order valence-corrected chi connectivity index (χ4v) is 8.01. The van der Waals surface area contributed by atoms with Crippen molar-refractivity contribution in [3.63, 3.8) is 0 Å². The highest BCUT2D eigenvalue weighted by molar-refractivity contribution is 6.58. The standard InChI is InChI=1S/C29H25Cl2FN2O6/c1-3-33-24(36)17-12-11-16-18(21(17)25(33)37)13-28(30)26(38)34(15-9-7-14(32)8-10-15)27(39)29(28,31)23(16)22-19(35)5-4-6-20(22)40-2/h4-11,17-18,21,23,35H,3,12-13H2,1-2H3/t17-,18+,21-,23+,28+,29-/m0/s1. The zero-order valence-corrected chi connectivity index (χ0v) is 23.1. The highest BCUT2D eigenvalue weighted by Gasteiger charge is 2.77. The number of methoxy groups -OCH3 is 1. The highest BCUT2D eigenvalue weighted by Crippen LogP contribution is 2.67. The van der Waals surface area contributed by atoms with Gasteiger partial charge in [-0.2, -0.15) is 0 Å². The molecule has 8 nitrogen and oxygen atoms in total. The van der Waals surface area contributed by atoms with Gasteiger partial charge in [0.15, 0.2) is 9.75 Å². The Morgan fingerprint density at radius 1 is 1.02 bits per heavy atom. The second kappa shape index (κ2) is 9.04. The van der Waals surface area contributed by atoms with Crippen molar-refractivity contribution < 1.29 is 33.4 Å². The zero-order chi connectivity index (χ0) is 28.7. The minimum absolute atomic E-state index is 0.0768. The van der Waals surface area contributed by atoms with Crippen LogP contribution in [0.2, 0.25) is 0 Å². The molecule has 2 aromatic carbocycles. The number of nitrogens with zero attached hydrogens (tertiary/aromatic N) is 2. The molecule has 6 rings (SSSR count). The molecule has 1 saturated carbocycles. The van der Waals surface area contributed by atoms with Crippen LogP contribution >= 0.6 is 23.2 Å². The molecule has 0 spiro atoms. The molecule has 40 heavy (non-hydrogen) atoms. The number of hydrogen-bond acceptors (Lipinski definition) is 6. The van der Waals surface area contributed by atoms with Crippen molar-refractivity contribution >= 4 is 52.5 Å². The highest BCUT2D eigenvalue weighted by atomic mass is 35.5. The van der Waals surface area contributed by atoms with E-state index in [1.165, 1.54) is 30.2 Å². The summed E-state index contributed by atoms with van der Waals surface area (Å²) in [5.41, 5.74) is 0.757. The number of benzene rings is 2. The van der Waals surface area contributed by atoms with E-state index < -0.39 is 51.1 Å². The molecule has 208 valence electrons. The molecule has 4 amide bonds. The van der Waals surface area contributed by atoms with Gasteiger partial charge in [0.2, 0.25) is 11.8 Å². The third kappa shape index (κ3) is 3.25. The molecule has 2 aromatic rings. The smallest absolute Gasteiger partial charge is 0.258 e. The number of hydrogen-bond donors (Lipinski definition) is 1. The number of aromatic hydroxyl groups is 1. The van der Waals surface area contributed by atoms with Gasteiger partial charge in [0.05, 0.1) is 24.6 Å². The molecule has 4 aliphatic rings. The lowest BCUT2D eigenvalue weighted by Gasteiger charge is -2.50. The van der Waals surface area contributed by atoms with Crippen LogP contribution in [-0.2, 0) is 19.2 Å². The van der Waals surface area contributed by atoms with Gasteiger partial charge >= 0.3 is 0 Å². The first-order valence-corrected chi connectivity index (χ1v) is 13.7. The van der Waals surface area contributed by atoms with Gasteiger partial charge in [0.25, 0.3) is 11.8 Å². The fraction of sp³-hybridized carbons (Fsp3) is 0.379. The lowest BCUT2D eigenvalue weighted by atomic mass is 9.56. The predicted molar refractivity (Wildman–Crippen MR) is 144 cm³/mol. The monoisotopic (exact) mass is 586 g/mol. The minimum Gasteiger partial charge on any atom is -0.508 e. The number of ether oxygens (including phenoxy) is 1. The summed E-state index contributed by atoms with van der Waals surface area (Å²) >= 11 is 14.5. The van der Waals surface area contributed by atoms with Crippen molar-refractivity contribution in [3.05, 3.63) is 65.5 Å². The molecule has 0 radical (unpaired) electrons. The number of phenols is 1. The molecule has 0 aromatic heterocycles. The Balaban J connectivity index is 1.61. The Kier molecular flexibility index (Phi) is 6.05. The van der Waals surface area contributed by atoms with Crippen molar-refractivity contribution in [2.24, 2.45) is 17.8 Å². The Morgan fingerprint density at radius 2 is 1.73 bits per heavy atom. The molecule has 2 saturated heterocycles. The van der Waals surface area contributed by atoms with Crippen LogP contribution in [0.25, 0.3) is 0 Å². The first-order valence-electron chi connectivity index (χ1n) is 12.9. The van der Waals surface area contributed by atoms with E-state index in [0.717, 1.165) is 17.0 Å². The van der Waals surface area contributed by atoms with E-state index in [4.69, 9.17) is 27.9 Å². The summed E-state index contributed by atoms with van der Waals surface area (Å²) in [6.07, 6.45) is 1.80. The second-order valence-corrected chi connectivity index (χ2v) is 11.8. The number of amides is 4. The lowest BCUT2D eigenvalue weighted by molar-refractivity contribution is -0.140. The largest absolute Gasteiger partial charge is 0.508 e. The summed E-state index contributed by atoms with van der Waals surface area (Å²) in [6.45, 7) is 1.91. The van der Waals surface area contributed by atoms with Gasteiger partial charge in [-0.15, -0.1) is 23.2 Å². The summed E-state index contributed by atoms with van der Waals surface area (Å²) in [6, 6.07) is 9.33. The summed E-state index contributed by atoms with van der Waals surface area (Å²) < 4.78 is 19.3. The number of phenolic OH excluding ortho intramolecular Hbond substituents is 1. The quantitative estimate of drug-likeness (QED) is 0.328. The molecular formula is C29H25Cl2FN2O6. The van der Waals surface area contributed by atoms with Crippen molar-refractivity contribution in [2.45, 2.75) is 35.4 Å². The van der Waals surface area contributed by atoms with Crippen LogP contribution in [0.5, 0.6) is 11.5 Å². The van der Waals surface area contributed by atoms with Crippen molar-refractivity contribution in [1.82, 2.24) is 4.90 Å². The molecule has 2 aliphatic carbocycles.